The van der Waals surface area contributed by atoms with Crippen molar-refractivity contribution in [3.63, 3.8) is 0 Å². The van der Waals surface area contributed by atoms with E-state index in [1.807, 2.05) is 23.1 Å². The second-order valence-electron chi connectivity index (χ2n) is 7.48. The summed E-state index contributed by atoms with van der Waals surface area (Å²) in [6, 6.07) is 10.5. The summed E-state index contributed by atoms with van der Waals surface area (Å²) in [7, 11) is 0. The van der Waals surface area contributed by atoms with Crippen LogP contribution in [0.25, 0.3) is 0 Å². The molecule has 1 aliphatic heterocycles. The number of hydrogen-bond donors (Lipinski definition) is 1. The highest BCUT2D eigenvalue weighted by atomic mass is 16.2. The fourth-order valence-corrected chi connectivity index (χ4v) is 3.79. The standard InChI is InChI=1S/C21H30N2O2/c1-2-7-17(12-11-16-8-4-3-5-9-16)21(25)23-15-6-10-19(23)20(24)22-18-13-14-18/h3-5,8-9,17-19H,2,6-7,10-15H2,1H3,(H,22,24). The molecule has 2 amide bonds. The maximum Gasteiger partial charge on any atom is 0.243 e. The molecule has 1 aliphatic carbocycles. The van der Waals surface area contributed by atoms with Gasteiger partial charge in [0.15, 0.2) is 0 Å². The summed E-state index contributed by atoms with van der Waals surface area (Å²) in [5, 5.41) is 3.08. The smallest absolute Gasteiger partial charge is 0.243 e. The number of benzene rings is 1. The number of rotatable bonds is 8. The van der Waals surface area contributed by atoms with Crippen LogP contribution in [0, 0.1) is 5.92 Å². The fraction of sp³-hybridized carbons (Fsp3) is 0.619. The Morgan fingerprint density at radius 1 is 1.16 bits per heavy atom. The average Bonchev–Trinajstić information content (AvgIpc) is 3.30. The third-order valence-electron chi connectivity index (χ3n) is 5.37. The van der Waals surface area contributed by atoms with Crippen molar-refractivity contribution in [3.8, 4) is 0 Å². The summed E-state index contributed by atoms with van der Waals surface area (Å²) < 4.78 is 0. The molecule has 1 N–H and O–H groups in total. The lowest BCUT2D eigenvalue weighted by Gasteiger charge is -2.28. The summed E-state index contributed by atoms with van der Waals surface area (Å²) in [4.78, 5) is 27.4. The highest BCUT2D eigenvalue weighted by Crippen LogP contribution is 2.26. The highest BCUT2D eigenvalue weighted by Gasteiger charge is 2.38. The number of carbonyl (C=O) groups is 2. The minimum atomic E-state index is -0.246. The Balaban J connectivity index is 1.60. The van der Waals surface area contributed by atoms with E-state index in [1.54, 1.807) is 0 Å². The second kappa shape index (κ2) is 8.50. The van der Waals surface area contributed by atoms with Crippen LogP contribution in [0.4, 0.5) is 0 Å². The van der Waals surface area contributed by atoms with E-state index >= 15 is 0 Å². The van der Waals surface area contributed by atoms with Crippen LogP contribution >= 0.6 is 0 Å². The van der Waals surface area contributed by atoms with E-state index in [0.717, 1.165) is 57.9 Å². The molecule has 3 rings (SSSR count). The topological polar surface area (TPSA) is 49.4 Å². The summed E-state index contributed by atoms with van der Waals surface area (Å²) in [6.45, 7) is 2.86. The molecule has 1 saturated carbocycles. The maximum atomic E-state index is 13.1. The van der Waals surface area contributed by atoms with Gasteiger partial charge in [-0.1, -0.05) is 43.7 Å². The van der Waals surface area contributed by atoms with Gasteiger partial charge in [-0.25, -0.2) is 0 Å². The molecule has 1 heterocycles. The van der Waals surface area contributed by atoms with Gasteiger partial charge >= 0.3 is 0 Å². The molecular weight excluding hydrogens is 312 g/mol. The fourth-order valence-electron chi connectivity index (χ4n) is 3.79. The van der Waals surface area contributed by atoms with Crippen LogP contribution < -0.4 is 5.32 Å². The molecule has 2 atom stereocenters. The van der Waals surface area contributed by atoms with Crippen LogP contribution in [-0.4, -0.2) is 35.3 Å². The van der Waals surface area contributed by atoms with Crippen molar-refractivity contribution in [3.05, 3.63) is 35.9 Å². The van der Waals surface area contributed by atoms with Crippen LogP contribution in [0.15, 0.2) is 30.3 Å². The van der Waals surface area contributed by atoms with Gasteiger partial charge in [-0.15, -0.1) is 0 Å². The Morgan fingerprint density at radius 3 is 2.60 bits per heavy atom. The van der Waals surface area contributed by atoms with Crippen molar-refractivity contribution >= 4 is 11.8 Å². The molecule has 0 spiro atoms. The van der Waals surface area contributed by atoms with Crippen molar-refractivity contribution in [2.75, 3.05) is 6.54 Å². The minimum absolute atomic E-state index is 0.0273. The lowest BCUT2D eigenvalue weighted by molar-refractivity contribution is -0.142. The Kier molecular flexibility index (Phi) is 6.11. The number of nitrogens with one attached hydrogen (secondary N) is 1. The van der Waals surface area contributed by atoms with Crippen LogP contribution in [-0.2, 0) is 16.0 Å². The Hall–Kier alpha value is -1.84. The summed E-state index contributed by atoms with van der Waals surface area (Å²) in [6.07, 6.45) is 7.60. The van der Waals surface area contributed by atoms with Gasteiger partial charge < -0.3 is 10.2 Å². The summed E-state index contributed by atoms with van der Waals surface area (Å²) >= 11 is 0. The van der Waals surface area contributed by atoms with Gasteiger partial charge in [-0.2, -0.15) is 0 Å². The molecule has 0 aromatic heterocycles. The molecule has 0 bridgehead atoms. The van der Waals surface area contributed by atoms with Crippen LogP contribution in [0.5, 0.6) is 0 Å². The first kappa shape index (κ1) is 18.0. The van der Waals surface area contributed by atoms with E-state index in [2.05, 4.69) is 24.4 Å². The van der Waals surface area contributed by atoms with E-state index in [9.17, 15) is 9.59 Å². The Morgan fingerprint density at radius 2 is 1.92 bits per heavy atom. The number of likely N-dealkylation sites (tertiary alicyclic amines) is 1. The number of amides is 2. The van der Waals surface area contributed by atoms with E-state index < -0.39 is 0 Å². The van der Waals surface area contributed by atoms with Crippen molar-refractivity contribution in [2.24, 2.45) is 5.92 Å². The molecule has 2 aliphatic rings. The second-order valence-corrected chi connectivity index (χ2v) is 7.48. The number of nitrogens with zero attached hydrogens (tertiary/aromatic N) is 1. The SMILES string of the molecule is CCCC(CCc1ccccc1)C(=O)N1CCCC1C(=O)NC1CC1. The van der Waals surface area contributed by atoms with Gasteiger partial charge in [-0.05, 0) is 50.5 Å². The maximum absolute atomic E-state index is 13.1. The zero-order chi connectivity index (χ0) is 17.6. The molecule has 25 heavy (non-hydrogen) atoms. The molecule has 2 unspecified atom stereocenters. The van der Waals surface area contributed by atoms with Crippen molar-refractivity contribution in [1.82, 2.24) is 10.2 Å². The van der Waals surface area contributed by atoms with Crippen molar-refractivity contribution in [2.45, 2.75) is 70.4 Å². The molecule has 4 heteroatoms. The molecule has 2 fully saturated rings. The molecule has 136 valence electrons. The van der Waals surface area contributed by atoms with Gasteiger partial charge in [-0.3, -0.25) is 9.59 Å². The zero-order valence-electron chi connectivity index (χ0n) is 15.2. The quantitative estimate of drug-likeness (QED) is 0.788. The molecule has 1 aromatic carbocycles. The molecule has 0 radical (unpaired) electrons. The van der Waals surface area contributed by atoms with Crippen LogP contribution in [0.3, 0.4) is 0 Å². The van der Waals surface area contributed by atoms with E-state index in [0.29, 0.717) is 6.04 Å². The van der Waals surface area contributed by atoms with Gasteiger partial charge in [0.2, 0.25) is 11.8 Å². The predicted molar refractivity (Wildman–Crippen MR) is 99.1 cm³/mol. The lowest BCUT2D eigenvalue weighted by Crippen LogP contribution is -2.48. The predicted octanol–water partition coefficient (Wildman–Crippen LogP) is 3.31. The van der Waals surface area contributed by atoms with Gasteiger partial charge in [0.05, 0.1) is 0 Å². The van der Waals surface area contributed by atoms with Gasteiger partial charge in [0.25, 0.3) is 0 Å². The van der Waals surface area contributed by atoms with Gasteiger partial charge in [0.1, 0.15) is 6.04 Å². The highest BCUT2D eigenvalue weighted by molar-refractivity contribution is 5.89. The van der Waals surface area contributed by atoms with Crippen LogP contribution in [0.1, 0.15) is 57.4 Å². The Bertz CT molecular complexity index is 583. The van der Waals surface area contributed by atoms with Crippen molar-refractivity contribution < 1.29 is 9.59 Å². The molecular formula is C21H30N2O2. The monoisotopic (exact) mass is 342 g/mol. The van der Waals surface area contributed by atoms with Gasteiger partial charge in [0, 0.05) is 18.5 Å². The summed E-state index contributed by atoms with van der Waals surface area (Å²) in [5.74, 6) is 0.275. The minimum Gasteiger partial charge on any atom is -0.352 e. The molecule has 1 aromatic rings. The summed E-state index contributed by atoms with van der Waals surface area (Å²) in [5.41, 5.74) is 1.28. The van der Waals surface area contributed by atoms with E-state index in [1.165, 1.54) is 5.56 Å². The third-order valence-corrected chi connectivity index (χ3v) is 5.37. The molecule has 4 nitrogen and oxygen atoms in total. The molecule has 1 saturated heterocycles. The largest absolute Gasteiger partial charge is 0.352 e. The number of hydrogen-bond acceptors (Lipinski definition) is 2. The third kappa shape index (κ3) is 4.83. The first-order valence-corrected chi connectivity index (χ1v) is 9.83. The van der Waals surface area contributed by atoms with Crippen LogP contribution in [0.2, 0.25) is 0 Å². The zero-order valence-corrected chi connectivity index (χ0v) is 15.2. The lowest BCUT2D eigenvalue weighted by atomic mass is 9.93. The van der Waals surface area contributed by atoms with E-state index in [-0.39, 0.29) is 23.8 Å². The number of carbonyl (C=O) groups excluding carboxylic acids is 2. The Labute approximate surface area is 151 Å². The first-order chi connectivity index (χ1) is 12.2. The number of aryl methyl sites for hydroxylation is 1. The van der Waals surface area contributed by atoms with E-state index in [4.69, 9.17) is 0 Å². The first-order valence-electron chi connectivity index (χ1n) is 9.83. The normalized spacial score (nSPS) is 21.2. The average molecular weight is 342 g/mol. The van der Waals surface area contributed by atoms with Crippen molar-refractivity contribution in [1.29, 1.82) is 0 Å².